The number of para-hydroxylation sites is 2. The van der Waals surface area contributed by atoms with Crippen LogP contribution in [0.3, 0.4) is 0 Å². The minimum absolute atomic E-state index is 0.590. The monoisotopic (exact) mass is 588 g/mol. The summed E-state index contributed by atoms with van der Waals surface area (Å²) in [5.41, 5.74) is 8.27. The highest BCUT2D eigenvalue weighted by atomic mass is 15.0. The molecular weight excluding hydrogens is 564 g/mol. The molecule has 0 N–H and O–H groups in total. The minimum atomic E-state index is 0.590. The van der Waals surface area contributed by atoms with Crippen LogP contribution in [0.25, 0.3) is 78.5 Å². The summed E-state index contributed by atoms with van der Waals surface area (Å²) in [6.45, 7) is 0. The molecule has 46 heavy (non-hydrogen) atoms. The quantitative estimate of drug-likeness (QED) is 0.199. The zero-order chi connectivity index (χ0) is 30.9. The highest BCUT2D eigenvalue weighted by Gasteiger charge is 2.19. The third-order valence-corrected chi connectivity index (χ3v) is 7.98. The lowest BCUT2D eigenvalue weighted by atomic mass is 9.94. The third-order valence-electron chi connectivity index (χ3n) is 7.98. The van der Waals surface area contributed by atoms with E-state index in [0.29, 0.717) is 23.0 Å². The van der Waals surface area contributed by atoms with E-state index in [2.05, 4.69) is 30.3 Å². The average Bonchev–Trinajstić information content (AvgIpc) is 3.14. The Morgan fingerprint density at radius 2 is 0.848 bits per heavy atom. The number of nitriles is 1. The van der Waals surface area contributed by atoms with Gasteiger partial charge in [0.05, 0.1) is 34.1 Å². The summed E-state index contributed by atoms with van der Waals surface area (Å²) < 4.78 is 0. The van der Waals surface area contributed by atoms with Crippen LogP contribution in [0, 0.1) is 11.3 Å². The first kappa shape index (κ1) is 27.0. The van der Waals surface area contributed by atoms with Crippen molar-refractivity contribution >= 4 is 21.8 Å². The maximum Gasteiger partial charge on any atom is 0.164 e. The number of rotatable bonds is 5. The van der Waals surface area contributed by atoms with Gasteiger partial charge in [-0.05, 0) is 41.1 Å². The summed E-state index contributed by atoms with van der Waals surface area (Å²) in [4.78, 5) is 25.1. The summed E-state index contributed by atoms with van der Waals surface area (Å²) in [6.07, 6.45) is 0. The van der Waals surface area contributed by atoms with Crippen molar-refractivity contribution in [3.05, 3.63) is 151 Å². The standard InChI is InChI=1S/C40H24N6/c41-25-26-19-21-27(22-20-26)36-37(43-35-18-10-9-17-34(35)42-36)32-23-24-33(31-16-8-7-15-30(31)32)40-45-38(28-11-3-1-4-12-28)44-39(46-40)29-13-5-2-6-14-29/h1-24H. The first-order valence-corrected chi connectivity index (χ1v) is 14.9. The van der Waals surface area contributed by atoms with E-state index in [1.165, 1.54) is 0 Å². The molecule has 2 heterocycles. The predicted molar refractivity (Wildman–Crippen MR) is 182 cm³/mol. The van der Waals surface area contributed by atoms with E-state index in [-0.39, 0.29) is 0 Å². The van der Waals surface area contributed by atoms with Gasteiger partial charge in [0.15, 0.2) is 17.5 Å². The summed E-state index contributed by atoms with van der Waals surface area (Å²) in [5.74, 6) is 1.81. The highest BCUT2D eigenvalue weighted by Crippen LogP contribution is 2.39. The largest absolute Gasteiger partial charge is 0.244 e. The molecule has 8 aromatic rings. The van der Waals surface area contributed by atoms with E-state index in [4.69, 9.17) is 24.9 Å². The molecule has 2 aromatic heterocycles. The van der Waals surface area contributed by atoms with Gasteiger partial charge in [-0.2, -0.15) is 5.26 Å². The molecule has 0 bridgehead atoms. The summed E-state index contributed by atoms with van der Waals surface area (Å²) >= 11 is 0. The second-order valence-corrected chi connectivity index (χ2v) is 10.8. The lowest BCUT2D eigenvalue weighted by Crippen LogP contribution is -2.01. The second kappa shape index (κ2) is 11.5. The molecule has 0 saturated heterocycles. The molecule has 0 fully saturated rings. The molecular formula is C40H24N6. The fourth-order valence-electron chi connectivity index (χ4n) is 5.72. The Kier molecular flexibility index (Phi) is 6.75. The summed E-state index contributed by atoms with van der Waals surface area (Å²) in [5, 5.41) is 11.4. The van der Waals surface area contributed by atoms with Gasteiger partial charge < -0.3 is 0 Å². The summed E-state index contributed by atoms with van der Waals surface area (Å²) in [7, 11) is 0. The molecule has 6 aromatic carbocycles. The Labute approximate surface area is 265 Å². The van der Waals surface area contributed by atoms with E-state index in [1.54, 1.807) is 0 Å². The van der Waals surface area contributed by atoms with Crippen molar-refractivity contribution in [1.82, 2.24) is 24.9 Å². The second-order valence-electron chi connectivity index (χ2n) is 10.8. The Morgan fingerprint density at radius 3 is 1.43 bits per heavy atom. The predicted octanol–water partition coefficient (Wildman–Crippen LogP) is 9.17. The average molecular weight is 589 g/mol. The van der Waals surface area contributed by atoms with Gasteiger partial charge in [-0.3, -0.25) is 0 Å². The van der Waals surface area contributed by atoms with Gasteiger partial charge in [-0.15, -0.1) is 0 Å². The molecule has 0 aliphatic rings. The van der Waals surface area contributed by atoms with Gasteiger partial charge in [0.2, 0.25) is 0 Å². The fourth-order valence-corrected chi connectivity index (χ4v) is 5.72. The Bertz CT molecular complexity index is 2360. The van der Waals surface area contributed by atoms with Crippen molar-refractivity contribution in [2.75, 3.05) is 0 Å². The van der Waals surface area contributed by atoms with Crippen LogP contribution in [0.2, 0.25) is 0 Å². The molecule has 0 aliphatic carbocycles. The van der Waals surface area contributed by atoms with Crippen molar-refractivity contribution in [3.63, 3.8) is 0 Å². The van der Waals surface area contributed by atoms with Gasteiger partial charge in [0, 0.05) is 27.8 Å². The van der Waals surface area contributed by atoms with Gasteiger partial charge in [0.25, 0.3) is 0 Å². The fraction of sp³-hybridized carbons (Fsp3) is 0. The van der Waals surface area contributed by atoms with Gasteiger partial charge >= 0.3 is 0 Å². The lowest BCUT2D eigenvalue weighted by Gasteiger charge is -2.15. The topological polar surface area (TPSA) is 88.2 Å². The smallest absolute Gasteiger partial charge is 0.164 e. The van der Waals surface area contributed by atoms with Crippen LogP contribution in [0.4, 0.5) is 0 Å². The Hall–Kier alpha value is -6.58. The van der Waals surface area contributed by atoms with E-state index < -0.39 is 0 Å². The van der Waals surface area contributed by atoms with Crippen molar-refractivity contribution < 1.29 is 0 Å². The molecule has 0 saturated carbocycles. The maximum absolute atomic E-state index is 9.38. The number of hydrogen-bond donors (Lipinski definition) is 0. The number of nitrogens with zero attached hydrogens (tertiary/aromatic N) is 6. The van der Waals surface area contributed by atoms with E-state index in [0.717, 1.165) is 61.0 Å². The van der Waals surface area contributed by atoms with Crippen LogP contribution in [0.15, 0.2) is 146 Å². The number of fused-ring (bicyclic) bond motifs is 2. The van der Waals surface area contributed by atoms with Gasteiger partial charge in [0.1, 0.15) is 0 Å². The van der Waals surface area contributed by atoms with Crippen molar-refractivity contribution in [1.29, 1.82) is 5.26 Å². The number of aromatic nitrogens is 5. The van der Waals surface area contributed by atoms with Gasteiger partial charge in [-0.25, -0.2) is 24.9 Å². The van der Waals surface area contributed by atoms with Crippen LogP contribution in [-0.2, 0) is 0 Å². The molecule has 0 spiro atoms. The molecule has 0 atom stereocenters. The van der Waals surface area contributed by atoms with Crippen LogP contribution in [-0.4, -0.2) is 24.9 Å². The molecule has 8 rings (SSSR count). The van der Waals surface area contributed by atoms with Crippen molar-refractivity contribution in [2.24, 2.45) is 0 Å². The van der Waals surface area contributed by atoms with Gasteiger partial charge in [-0.1, -0.05) is 115 Å². The third kappa shape index (κ3) is 4.92. The zero-order valence-electron chi connectivity index (χ0n) is 24.5. The van der Waals surface area contributed by atoms with Crippen LogP contribution < -0.4 is 0 Å². The summed E-state index contributed by atoms with van der Waals surface area (Å²) in [6, 6.07) is 49.9. The van der Waals surface area contributed by atoms with E-state index in [9.17, 15) is 5.26 Å². The van der Waals surface area contributed by atoms with Crippen LogP contribution in [0.1, 0.15) is 5.56 Å². The molecule has 214 valence electrons. The van der Waals surface area contributed by atoms with Crippen LogP contribution in [0.5, 0.6) is 0 Å². The Morgan fingerprint density at radius 1 is 0.370 bits per heavy atom. The lowest BCUT2D eigenvalue weighted by molar-refractivity contribution is 1.08. The van der Waals surface area contributed by atoms with Crippen molar-refractivity contribution in [2.45, 2.75) is 0 Å². The SMILES string of the molecule is N#Cc1ccc(-c2nc3ccccc3nc2-c2ccc(-c3nc(-c4ccccc4)nc(-c4ccccc4)n3)c3ccccc23)cc1. The van der Waals surface area contributed by atoms with Crippen LogP contribution >= 0.6 is 0 Å². The molecule has 0 radical (unpaired) electrons. The number of hydrogen-bond acceptors (Lipinski definition) is 6. The van der Waals surface area contributed by atoms with E-state index >= 15 is 0 Å². The normalized spacial score (nSPS) is 11.0. The first-order valence-electron chi connectivity index (χ1n) is 14.9. The minimum Gasteiger partial charge on any atom is -0.244 e. The zero-order valence-corrected chi connectivity index (χ0v) is 24.5. The molecule has 0 amide bonds. The molecule has 0 aliphatic heterocycles. The molecule has 0 unspecified atom stereocenters. The Balaban J connectivity index is 1.36. The first-order chi connectivity index (χ1) is 22.7. The van der Waals surface area contributed by atoms with E-state index in [1.807, 2.05) is 121 Å². The molecule has 6 nitrogen and oxygen atoms in total. The highest BCUT2D eigenvalue weighted by molar-refractivity contribution is 6.06. The number of benzene rings is 6. The maximum atomic E-state index is 9.38. The van der Waals surface area contributed by atoms with Crippen molar-refractivity contribution in [3.8, 4) is 62.7 Å². The molecule has 6 heteroatoms.